The van der Waals surface area contributed by atoms with Gasteiger partial charge in [-0.3, -0.25) is 9.10 Å². The van der Waals surface area contributed by atoms with Gasteiger partial charge in [-0.2, -0.15) is 0 Å². The zero-order chi connectivity index (χ0) is 32.4. The van der Waals surface area contributed by atoms with Crippen molar-refractivity contribution in [3.05, 3.63) is 112 Å². The number of amides is 1. The van der Waals surface area contributed by atoms with Crippen molar-refractivity contribution < 1.29 is 27.5 Å². The Balaban J connectivity index is 1.35. The van der Waals surface area contributed by atoms with Crippen molar-refractivity contribution in [3.63, 3.8) is 0 Å². The average Bonchev–Trinajstić information content (AvgIpc) is 3.54. The van der Waals surface area contributed by atoms with Gasteiger partial charge in [-0.1, -0.05) is 70.5 Å². The van der Waals surface area contributed by atoms with Gasteiger partial charge in [0.1, 0.15) is 5.58 Å². The standard InChI is InChI=1S/C35H34BrN3O6S/c1-24-28-23-26(15-16-32(28)45-33(24)35(41)42)46(43,44)39(20-17-25-9-3-2-4-10-25)31-14-6-5-13-30(31)37-18-8-19-38(22-21-37)34(40)27-11-7-12-29(27)36/h2-7,9-10,12-16,23H,8,11,17-22H2,1H3,(H,41,42). The lowest BCUT2D eigenvalue weighted by Crippen LogP contribution is -2.37. The fourth-order valence-corrected chi connectivity index (χ4v) is 8.12. The summed E-state index contributed by atoms with van der Waals surface area (Å²) in [6.45, 7) is 4.12. The Morgan fingerprint density at radius 1 is 0.978 bits per heavy atom. The smallest absolute Gasteiger partial charge is 0.372 e. The summed E-state index contributed by atoms with van der Waals surface area (Å²) in [5.41, 5.74) is 3.75. The first-order chi connectivity index (χ1) is 22.1. The molecule has 1 fully saturated rings. The van der Waals surface area contributed by atoms with Crippen LogP contribution < -0.4 is 9.21 Å². The fourth-order valence-electron chi connectivity index (χ4n) is 6.10. The molecular formula is C35H34BrN3O6S. The highest BCUT2D eigenvalue weighted by Gasteiger charge is 2.31. The molecule has 1 aliphatic carbocycles. The molecule has 1 saturated heterocycles. The SMILES string of the molecule is Cc1c(C(=O)O)oc2ccc(S(=O)(=O)N(CCc3ccccc3)c3ccccc3N3CCCN(C(=O)C4=C(Br)C=CC4)CC3)cc12. The van der Waals surface area contributed by atoms with Crippen LogP contribution >= 0.6 is 15.9 Å². The monoisotopic (exact) mass is 703 g/mol. The highest BCUT2D eigenvalue weighted by molar-refractivity contribution is 9.12. The number of hydrogen-bond acceptors (Lipinski definition) is 6. The van der Waals surface area contributed by atoms with Crippen LogP contribution in [-0.4, -0.2) is 63.0 Å². The summed E-state index contributed by atoms with van der Waals surface area (Å²) in [5.74, 6) is -1.40. The molecular weight excluding hydrogens is 670 g/mol. The summed E-state index contributed by atoms with van der Waals surface area (Å²) >= 11 is 3.50. The molecule has 0 bridgehead atoms. The normalized spacial score (nSPS) is 15.4. The molecule has 1 aromatic heterocycles. The Morgan fingerprint density at radius 3 is 2.48 bits per heavy atom. The zero-order valence-electron chi connectivity index (χ0n) is 25.4. The van der Waals surface area contributed by atoms with E-state index in [0.29, 0.717) is 61.2 Å². The minimum atomic E-state index is -4.12. The number of sulfonamides is 1. The van der Waals surface area contributed by atoms with Crippen molar-refractivity contribution in [1.82, 2.24) is 4.90 Å². The van der Waals surface area contributed by atoms with Crippen molar-refractivity contribution in [2.75, 3.05) is 41.9 Å². The van der Waals surface area contributed by atoms with E-state index in [-0.39, 0.29) is 23.1 Å². The van der Waals surface area contributed by atoms with Crippen LogP contribution in [0.5, 0.6) is 0 Å². The third kappa shape index (κ3) is 6.21. The number of fused-ring (bicyclic) bond motifs is 1. The number of carboxylic acids is 1. The Kier molecular flexibility index (Phi) is 9.06. The van der Waals surface area contributed by atoms with Crippen LogP contribution in [0.25, 0.3) is 11.0 Å². The lowest BCUT2D eigenvalue weighted by Gasteiger charge is -2.31. The molecule has 4 aromatic rings. The van der Waals surface area contributed by atoms with E-state index in [2.05, 4.69) is 20.8 Å². The number of hydrogen-bond donors (Lipinski definition) is 1. The molecule has 0 unspecified atom stereocenters. The lowest BCUT2D eigenvalue weighted by atomic mass is 10.1. The van der Waals surface area contributed by atoms with Crippen LogP contribution in [0.3, 0.4) is 0 Å². The van der Waals surface area contributed by atoms with Gasteiger partial charge >= 0.3 is 5.97 Å². The number of rotatable bonds is 9. The maximum Gasteiger partial charge on any atom is 0.372 e. The number of carboxylic acid groups (broad SMARTS) is 1. The Morgan fingerprint density at radius 2 is 1.74 bits per heavy atom. The van der Waals surface area contributed by atoms with Gasteiger partial charge < -0.3 is 19.3 Å². The third-order valence-electron chi connectivity index (χ3n) is 8.54. The highest BCUT2D eigenvalue weighted by atomic mass is 79.9. The first kappa shape index (κ1) is 31.6. The minimum Gasteiger partial charge on any atom is -0.475 e. The number of aryl methyl sites for hydroxylation is 1. The number of benzene rings is 3. The molecule has 2 heterocycles. The quantitative estimate of drug-likeness (QED) is 0.211. The van der Waals surface area contributed by atoms with E-state index >= 15 is 0 Å². The van der Waals surface area contributed by atoms with Gasteiger partial charge in [0.2, 0.25) is 5.76 Å². The number of aromatic carboxylic acids is 1. The molecule has 0 spiro atoms. The van der Waals surface area contributed by atoms with Crippen molar-refractivity contribution in [1.29, 1.82) is 0 Å². The van der Waals surface area contributed by atoms with Crippen LogP contribution in [0, 0.1) is 6.92 Å². The van der Waals surface area contributed by atoms with E-state index in [1.54, 1.807) is 6.92 Å². The lowest BCUT2D eigenvalue weighted by molar-refractivity contribution is -0.127. The van der Waals surface area contributed by atoms with Gasteiger partial charge in [0, 0.05) is 53.7 Å². The van der Waals surface area contributed by atoms with Crippen LogP contribution in [-0.2, 0) is 21.2 Å². The number of halogens is 1. The third-order valence-corrected chi connectivity index (χ3v) is 11.1. The molecule has 46 heavy (non-hydrogen) atoms. The van der Waals surface area contributed by atoms with E-state index in [4.69, 9.17) is 4.42 Å². The van der Waals surface area contributed by atoms with E-state index in [9.17, 15) is 23.1 Å². The van der Waals surface area contributed by atoms with Crippen molar-refractivity contribution in [3.8, 4) is 0 Å². The number of anilines is 2. The molecule has 11 heteroatoms. The zero-order valence-corrected chi connectivity index (χ0v) is 27.8. The molecule has 1 aliphatic heterocycles. The summed E-state index contributed by atoms with van der Waals surface area (Å²) in [5, 5.41) is 9.98. The second kappa shape index (κ2) is 13.2. The summed E-state index contributed by atoms with van der Waals surface area (Å²) in [7, 11) is -4.12. The molecule has 9 nitrogen and oxygen atoms in total. The summed E-state index contributed by atoms with van der Waals surface area (Å²) < 4.78 is 36.9. The Bertz CT molecular complexity index is 1970. The maximum atomic E-state index is 14.6. The summed E-state index contributed by atoms with van der Waals surface area (Å²) in [6, 6.07) is 21.7. The fraction of sp³-hybridized carbons (Fsp3) is 0.257. The molecule has 1 N–H and O–H groups in total. The van der Waals surface area contributed by atoms with Crippen LogP contribution in [0.15, 0.2) is 104 Å². The van der Waals surface area contributed by atoms with Crippen molar-refractivity contribution in [2.45, 2.75) is 31.1 Å². The van der Waals surface area contributed by atoms with E-state index in [1.807, 2.05) is 71.6 Å². The second-order valence-corrected chi connectivity index (χ2v) is 14.1. The largest absolute Gasteiger partial charge is 0.475 e. The number of carbonyl (C=O) groups is 2. The molecule has 0 saturated carbocycles. The first-order valence-corrected chi connectivity index (χ1v) is 17.4. The Labute approximate surface area is 276 Å². The summed E-state index contributed by atoms with van der Waals surface area (Å²) in [6.07, 6.45) is 5.70. The predicted molar refractivity (Wildman–Crippen MR) is 182 cm³/mol. The van der Waals surface area contributed by atoms with Gasteiger partial charge in [0.25, 0.3) is 15.9 Å². The number of carbonyl (C=O) groups excluding carboxylic acids is 1. The van der Waals surface area contributed by atoms with Crippen LogP contribution in [0.4, 0.5) is 11.4 Å². The number of furan rings is 1. The number of para-hydroxylation sites is 2. The maximum absolute atomic E-state index is 14.6. The van der Waals surface area contributed by atoms with Gasteiger partial charge in [0.15, 0.2) is 0 Å². The minimum absolute atomic E-state index is 0.0232. The van der Waals surface area contributed by atoms with Crippen LogP contribution in [0.2, 0.25) is 0 Å². The highest BCUT2D eigenvalue weighted by Crippen LogP contribution is 2.36. The van der Waals surface area contributed by atoms with Gasteiger partial charge in [0.05, 0.1) is 16.3 Å². The molecule has 2 aliphatic rings. The first-order valence-electron chi connectivity index (χ1n) is 15.2. The Hall–Kier alpha value is -4.35. The molecule has 6 rings (SSSR count). The predicted octanol–water partition coefficient (Wildman–Crippen LogP) is 6.53. The summed E-state index contributed by atoms with van der Waals surface area (Å²) in [4.78, 5) is 29.1. The van der Waals surface area contributed by atoms with Gasteiger partial charge in [-0.15, -0.1) is 0 Å². The molecule has 3 aromatic carbocycles. The second-order valence-electron chi connectivity index (χ2n) is 11.4. The number of allylic oxidation sites excluding steroid dienone is 3. The molecule has 238 valence electrons. The van der Waals surface area contributed by atoms with E-state index in [1.165, 1.54) is 22.5 Å². The average molecular weight is 705 g/mol. The molecule has 0 radical (unpaired) electrons. The van der Waals surface area contributed by atoms with Gasteiger partial charge in [-0.25, -0.2) is 13.2 Å². The number of nitrogens with zero attached hydrogens (tertiary/aromatic N) is 3. The molecule has 1 amide bonds. The van der Waals surface area contributed by atoms with E-state index in [0.717, 1.165) is 27.7 Å². The van der Waals surface area contributed by atoms with Gasteiger partial charge in [-0.05, 0) is 62.1 Å². The van der Waals surface area contributed by atoms with Crippen molar-refractivity contribution in [2.24, 2.45) is 0 Å². The molecule has 0 atom stereocenters. The van der Waals surface area contributed by atoms with E-state index < -0.39 is 16.0 Å². The van der Waals surface area contributed by atoms with Crippen molar-refractivity contribution >= 4 is 60.2 Å². The van der Waals surface area contributed by atoms with Crippen LogP contribution in [0.1, 0.15) is 34.5 Å². The topological polar surface area (TPSA) is 111 Å².